The summed E-state index contributed by atoms with van der Waals surface area (Å²) < 4.78 is 5.25. The Morgan fingerprint density at radius 1 is 1.50 bits per heavy atom. The molecule has 1 amide bonds. The molecule has 3 aliphatic rings. The fourth-order valence-electron chi connectivity index (χ4n) is 3.06. The summed E-state index contributed by atoms with van der Waals surface area (Å²) in [4.78, 5) is 11.7. The SMILES string of the molecule is CC(C)(C)OC(=O)NC12CC(CC1CO)C2. The van der Waals surface area contributed by atoms with Crippen molar-refractivity contribution in [3.63, 3.8) is 0 Å². The van der Waals surface area contributed by atoms with E-state index in [-0.39, 0.29) is 24.2 Å². The zero-order valence-electron chi connectivity index (χ0n) is 10.2. The summed E-state index contributed by atoms with van der Waals surface area (Å²) in [6.07, 6.45) is 2.67. The second kappa shape index (κ2) is 3.62. The maximum atomic E-state index is 11.7. The number of fused-ring (bicyclic) bond motifs is 1. The molecule has 3 fully saturated rings. The van der Waals surface area contributed by atoms with Crippen LogP contribution in [0.5, 0.6) is 0 Å². The summed E-state index contributed by atoms with van der Waals surface area (Å²) >= 11 is 0. The largest absolute Gasteiger partial charge is 0.444 e. The molecule has 0 aromatic rings. The van der Waals surface area contributed by atoms with E-state index < -0.39 is 5.60 Å². The molecule has 16 heavy (non-hydrogen) atoms. The van der Waals surface area contributed by atoms with Gasteiger partial charge in [0.15, 0.2) is 0 Å². The molecule has 0 radical (unpaired) electrons. The quantitative estimate of drug-likeness (QED) is 0.754. The molecule has 0 saturated heterocycles. The Balaban J connectivity index is 1.92. The van der Waals surface area contributed by atoms with Gasteiger partial charge < -0.3 is 15.2 Å². The Kier molecular flexibility index (Phi) is 2.65. The molecule has 1 atom stereocenters. The van der Waals surface area contributed by atoms with E-state index in [0.29, 0.717) is 5.92 Å². The molecular formula is C12H21NO3. The average molecular weight is 227 g/mol. The fraction of sp³-hybridized carbons (Fsp3) is 0.917. The summed E-state index contributed by atoms with van der Waals surface area (Å²) in [6, 6.07) is 0. The van der Waals surface area contributed by atoms with Gasteiger partial charge in [0.1, 0.15) is 5.60 Å². The number of hydrogen-bond donors (Lipinski definition) is 2. The van der Waals surface area contributed by atoms with Gasteiger partial charge in [0.2, 0.25) is 0 Å². The number of amides is 1. The third-order valence-electron chi connectivity index (χ3n) is 3.68. The lowest BCUT2D eigenvalue weighted by Gasteiger charge is -2.42. The van der Waals surface area contributed by atoms with Gasteiger partial charge in [-0.2, -0.15) is 0 Å². The van der Waals surface area contributed by atoms with Crippen LogP contribution in [0.15, 0.2) is 0 Å². The second-order valence-corrected chi connectivity index (χ2v) is 6.17. The van der Waals surface area contributed by atoms with Gasteiger partial charge in [0.25, 0.3) is 0 Å². The molecule has 0 aromatic carbocycles. The summed E-state index contributed by atoms with van der Waals surface area (Å²) in [5, 5.41) is 12.2. The van der Waals surface area contributed by atoms with Gasteiger partial charge in [-0.3, -0.25) is 0 Å². The second-order valence-electron chi connectivity index (χ2n) is 6.17. The topological polar surface area (TPSA) is 58.6 Å². The molecule has 3 rings (SSSR count). The first kappa shape index (κ1) is 11.7. The molecule has 3 aliphatic carbocycles. The Bertz CT molecular complexity index is 289. The van der Waals surface area contributed by atoms with Crippen LogP contribution in [0, 0.1) is 11.8 Å². The number of aliphatic hydroxyl groups excluding tert-OH is 1. The monoisotopic (exact) mass is 227 g/mol. The predicted molar refractivity (Wildman–Crippen MR) is 60.0 cm³/mol. The zero-order chi connectivity index (χ0) is 12.0. The number of ether oxygens (including phenoxy) is 1. The smallest absolute Gasteiger partial charge is 0.408 e. The zero-order valence-corrected chi connectivity index (χ0v) is 10.2. The molecule has 0 heterocycles. The van der Waals surface area contributed by atoms with Crippen molar-refractivity contribution in [2.75, 3.05) is 6.61 Å². The van der Waals surface area contributed by atoms with Crippen molar-refractivity contribution < 1.29 is 14.6 Å². The Hall–Kier alpha value is -0.770. The number of carbonyl (C=O) groups excluding carboxylic acids is 1. The van der Waals surface area contributed by atoms with Crippen molar-refractivity contribution in [1.82, 2.24) is 5.32 Å². The lowest BCUT2D eigenvalue weighted by Crippen LogP contribution is -2.56. The molecule has 4 heteroatoms. The molecule has 92 valence electrons. The molecule has 0 spiro atoms. The normalized spacial score (nSPS) is 36.8. The minimum absolute atomic E-state index is 0.159. The van der Waals surface area contributed by atoms with Crippen LogP contribution in [-0.2, 0) is 4.74 Å². The Labute approximate surface area is 96.4 Å². The third-order valence-corrected chi connectivity index (χ3v) is 3.68. The van der Waals surface area contributed by atoms with Crippen LogP contribution in [0.1, 0.15) is 40.0 Å². The molecule has 4 nitrogen and oxygen atoms in total. The summed E-state index contributed by atoms with van der Waals surface area (Å²) in [6.45, 7) is 5.72. The number of hydrogen-bond acceptors (Lipinski definition) is 3. The van der Waals surface area contributed by atoms with Crippen LogP contribution in [0.25, 0.3) is 0 Å². The number of alkyl carbamates (subject to hydrolysis) is 1. The van der Waals surface area contributed by atoms with Gasteiger partial charge >= 0.3 is 6.09 Å². The Morgan fingerprint density at radius 3 is 2.62 bits per heavy atom. The number of rotatable bonds is 2. The van der Waals surface area contributed by atoms with Crippen molar-refractivity contribution in [2.45, 2.75) is 51.2 Å². The van der Waals surface area contributed by atoms with Crippen LogP contribution in [-0.4, -0.2) is 28.9 Å². The molecule has 1 unspecified atom stereocenters. The summed E-state index contributed by atoms with van der Waals surface area (Å²) in [7, 11) is 0. The van der Waals surface area contributed by atoms with Gasteiger partial charge in [-0.1, -0.05) is 0 Å². The van der Waals surface area contributed by atoms with Crippen LogP contribution in [0.4, 0.5) is 4.79 Å². The molecule has 2 N–H and O–H groups in total. The van der Waals surface area contributed by atoms with Gasteiger partial charge in [-0.15, -0.1) is 0 Å². The van der Waals surface area contributed by atoms with E-state index in [1.54, 1.807) is 0 Å². The van der Waals surface area contributed by atoms with Gasteiger partial charge in [-0.05, 0) is 46.0 Å². The van der Waals surface area contributed by atoms with Crippen LogP contribution < -0.4 is 5.32 Å². The van der Waals surface area contributed by atoms with Crippen molar-refractivity contribution >= 4 is 6.09 Å². The van der Waals surface area contributed by atoms with E-state index in [2.05, 4.69) is 5.32 Å². The van der Waals surface area contributed by atoms with E-state index in [0.717, 1.165) is 19.3 Å². The lowest BCUT2D eigenvalue weighted by atomic mass is 9.74. The van der Waals surface area contributed by atoms with E-state index in [9.17, 15) is 9.90 Å². The highest BCUT2D eigenvalue weighted by Crippen LogP contribution is 2.55. The molecular weight excluding hydrogens is 206 g/mol. The maximum absolute atomic E-state index is 11.7. The Morgan fingerprint density at radius 2 is 2.12 bits per heavy atom. The van der Waals surface area contributed by atoms with Gasteiger partial charge in [0, 0.05) is 18.1 Å². The highest BCUT2D eigenvalue weighted by atomic mass is 16.6. The van der Waals surface area contributed by atoms with E-state index >= 15 is 0 Å². The van der Waals surface area contributed by atoms with Crippen molar-refractivity contribution in [3.8, 4) is 0 Å². The molecule has 0 aromatic heterocycles. The summed E-state index contributed by atoms with van der Waals surface area (Å²) in [5.41, 5.74) is -0.640. The predicted octanol–water partition coefficient (Wildman–Crippen LogP) is 1.67. The standard InChI is InChI=1S/C12H21NO3/c1-11(2,3)16-10(15)13-12-5-8(6-12)4-9(12)7-14/h8-9,14H,4-7H2,1-3H3,(H,13,15). The maximum Gasteiger partial charge on any atom is 0.408 e. The van der Waals surface area contributed by atoms with E-state index in [4.69, 9.17) is 4.74 Å². The van der Waals surface area contributed by atoms with Crippen LogP contribution >= 0.6 is 0 Å². The fourth-order valence-corrected chi connectivity index (χ4v) is 3.06. The number of aliphatic hydroxyl groups is 1. The van der Waals surface area contributed by atoms with E-state index in [1.165, 1.54) is 0 Å². The highest BCUT2D eigenvalue weighted by Gasteiger charge is 2.57. The van der Waals surface area contributed by atoms with Crippen LogP contribution in [0.2, 0.25) is 0 Å². The van der Waals surface area contributed by atoms with E-state index in [1.807, 2.05) is 20.8 Å². The lowest BCUT2D eigenvalue weighted by molar-refractivity contribution is 0.0321. The van der Waals surface area contributed by atoms with Crippen molar-refractivity contribution in [2.24, 2.45) is 11.8 Å². The third kappa shape index (κ3) is 2.03. The minimum atomic E-state index is -0.461. The van der Waals surface area contributed by atoms with Gasteiger partial charge in [-0.25, -0.2) is 4.79 Å². The van der Waals surface area contributed by atoms with Crippen molar-refractivity contribution in [3.05, 3.63) is 0 Å². The summed E-state index contributed by atoms with van der Waals surface area (Å²) in [5.74, 6) is 0.900. The molecule has 2 bridgehead atoms. The van der Waals surface area contributed by atoms with Gasteiger partial charge in [0.05, 0.1) is 0 Å². The van der Waals surface area contributed by atoms with Crippen molar-refractivity contribution in [1.29, 1.82) is 0 Å². The molecule has 0 aliphatic heterocycles. The first-order valence-corrected chi connectivity index (χ1v) is 5.97. The minimum Gasteiger partial charge on any atom is -0.444 e. The highest BCUT2D eigenvalue weighted by molar-refractivity contribution is 5.69. The van der Waals surface area contributed by atoms with Crippen LogP contribution in [0.3, 0.4) is 0 Å². The molecule has 3 saturated carbocycles. The first-order chi connectivity index (χ1) is 7.35. The average Bonchev–Trinajstić information content (AvgIpc) is 2.52. The number of carbonyl (C=O) groups is 1. The first-order valence-electron chi connectivity index (χ1n) is 5.97. The number of nitrogens with one attached hydrogen (secondary N) is 1.